The van der Waals surface area contributed by atoms with Crippen molar-refractivity contribution in [3.05, 3.63) is 65.7 Å². The Balaban J connectivity index is 0.00000450. The third-order valence-corrected chi connectivity index (χ3v) is 5.82. The molecule has 2 aromatic carbocycles. The van der Waals surface area contributed by atoms with Crippen molar-refractivity contribution >= 4 is 40.0 Å². The van der Waals surface area contributed by atoms with Gasteiger partial charge in [-0.15, -0.1) is 24.0 Å². The van der Waals surface area contributed by atoms with Crippen LogP contribution in [0.1, 0.15) is 24.0 Å². The molecule has 0 saturated carbocycles. The number of aliphatic hydroxyl groups is 1. The molecule has 166 valence electrons. The van der Waals surface area contributed by atoms with E-state index in [4.69, 9.17) is 0 Å². The number of guanidine groups is 1. The quantitative estimate of drug-likeness (QED) is 0.159. The lowest BCUT2D eigenvalue weighted by Crippen LogP contribution is -2.41. The fraction of sp³-hybridized carbons (Fsp3) is 0.381. The van der Waals surface area contributed by atoms with Crippen molar-refractivity contribution in [2.75, 3.05) is 32.8 Å². The Hall–Kier alpha value is -1.69. The highest BCUT2D eigenvalue weighted by atomic mass is 127. The van der Waals surface area contributed by atoms with Crippen LogP contribution >= 0.6 is 24.0 Å². The summed E-state index contributed by atoms with van der Waals surface area (Å²) < 4.78 is 27.2. The van der Waals surface area contributed by atoms with Crippen LogP contribution in [-0.2, 0) is 10.0 Å². The highest BCUT2D eigenvalue weighted by Gasteiger charge is 2.13. The molecular formula is C21H31IN4O3S. The summed E-state index contributed by atoms with van der Waals surface area (Å²) in [6, 6.07) is 16.5. The fourth-order valence-corrected chi connectivity index (χ4v) is 3.74. The predicted molar refractivity (Wildman–Crippen MR) is 132 cm³/mol. The number of nitrogens with zero attached hydrogens (tertiary/aromatic N) is 1. The normalized spacial score (nSPS) is 12.7. The van der Waals surface area contributed by atoms with Gasteiger partial charge in [0, 0.05) is 25.6 Å². The molecule has 0 radical (unpaired) electrons. The van der Waals surface area contributed by atoms with E-state index in [1.165, 1.54) is 0 Å². The standard InChI is InChI=1S/C21H30N4O3S.HI/c1-3-22-21(24-15-19(16-26)18-7-5-4-6-8-18)23-13-14-25-29(27,28)20-11-9-17(2)10-12-20;/h4-12,19,25-26H,3,13-16H2,1-2H3,(H2,22,23,24);1H. The molecule has 0 fully saturated rings. The van der Waals surface area contributed by atoms with Gasteiger partial charge in [0.2, 0.25) is 10.0 Å². The van der Waals surface area contributed by atoms with E-state index in [0.29, 0.717) is 25.6 Å². The van der Waals surface area contributed by atoms with E-state index in [0.717, 1.165) is 11.1 Å². The Kier molecular flexibility index (Phi) is 11.9. The van der Waals surface area contributed by atoms with Gasteiger partial charge >= 0.3 is 0 Å². The third kappa shape index (κ3) is 8.58. The average Bonchev–Trinajstić information content (AvgIpc) is 2.72. The SMILES string of the molecule is CCNC(=NCC(CO)c1ccccc1)NCCNS(=O)(=O)c1ccc(C)cc1.I. The van der Waals surface area contributed by atoms with Crippen molar-refractivity contribution in [2.45, 2.75) is 24.7 Å². The highest BCUT2D eigenvalue weighted by molar-refractivity contribution is 14.0. The summed E-state index contributed by atoms with van der Waals surface area (Å²) in [4.78, 5) is 4.77. The minimum absolute atomic E-state index is 0. The van der Waals surface area contributed by atoms with Crippen LogP contribution in [0.15, 0.2) is 64.5 Å². The van der Waals surface area contributed by atoms with Gasteiger partial charge in [-0.3, -0.25) is 4.99 Å². The molecule has 1 atom stereocenters. The van der Waals surface area contributed by atoms with Gasteiger partial charge in [0.05, 0.1) is 18.0 Å². The first kappa shape index (κ1) is 26.3. The lowest BCUT2D eigenvalue weighted by atomic mass is 10.0. The summed E-state index contributed by atoms with van der Waals surface area (Å²) in [5, 5.41) is 15.9. The van der Waals surface area contributed by atoms with Crippen molar-refractivity contribution in [3.63, 3.8) is 0 Å². The zero-order valence-electron chi connectivity index (χ0n) is 17.3. The van der Waals surface area contributed by atoms with Gasteiger partial charge in [-0.05, 0) is 31.5 Å². The molecule has 0 aliphatic rings. The number of hydrogen-bond donors (Lipinski definition) is 4. The van der Waals surface area contributed by atoms with E-state index in [-0.39, 0.29) is 47.9 Å². The molecule has 0 saturated heterocycles. The number of rotatable bonds is 10. The van der Waals surface area contributed by atoms with Crippen LogP contribution in [0.25, 0.3) is 0 Å². The summed E-state index contributed by atoms with van der Waals surface area (Å²) in [6.45, 7) is 5.57. The number of halogens is 1. The average molecular weight is 546 g/mol. The van der Waals surface area contributed by atoms with Crippen LogP contribution in [0.4, 0.5) is 0 Å². The van der Waals surface area contributed by atoms with Gasteiger partial charge in [0.1, 0.15) is 0 Å². The molecule has 0 spiro atoms. The minimum atomic E-state index is -3.54. The topological polar surface area (TPSA) is 103 Å². The van der Waals surface area contributed by atoms with E-state index in [2.05, 4.69) is 20.3 Å². The van der Waals surface area contributed by atoms with Crippen molar-refractivity contribution < 1.29 is 13.5 Å². The maximum absolute atomic E-state index is 12.3. The van der Waals surface area contributed by atoms with E-state index in [9.17, 15) is 13.5 Å². The first-order valence-electron chi connectivity index (χ1n) is 9.70. The van der Waals surface area contributed by atoms with E-state index in [1.807, 2.05) is 44.2 Å². The number of hydrogen-bond acceptors (Lipinski definition) is 4. The number of benzene rings is 2. The molecule has 0 heterocycles. The van der Waals surface area contributed by atoms with Gasteiger partial charge in [-0.25, -0.2) is 13.1 Å². The Labute approximate surface area is 196 Å². The Morgan fingerprint density at radius 3 is 2.30 bits per heavy atom. The van der Waals surface area contributed by atoms with E-state index < -0.39 is 10.0 Å². The summed E-state index contributed by atoms with van der Waals surface area (Å²) >= 11 is 0. The predicted octanol–water partition coefficient (Wildman–Crippen LogP) is 2.22. The monoisotopic (exact) mass is 546 g/mol. The third-order valence-electron chi connectivity index (χ3n) is 4.35. The number of aliphatic imine (C=N–C) groups is 1. The molecule has 2 aromatic rings. The van der Waals surface area contributed by atoms with Crippen LogP contribution in [-0.4, -0.2) is 52.3 Å². The molecular weight excluding hydrogens is 515 g/mol. The van der Waals surface area contributed by atoms with Crippen LogP contribution in [0.5, 0.6) is 0 Å². The highest BCUT2D eigenvalue weighted by Crippen LogP contribution is 2.15. The maximum atomic E-state index is 12.3. The number of nitrogens with one attached hydrogen (secondary N) is 3. The van der Waals surface area contributed by atoms with Gasteiger partial charge in [0.15, 0.2) is 5.96 Å². The second kappa shape index (κ2) is 13.6. The Morgan fingerprint density at radius 2 is 1.70 bits per heavy atom. The lowest BCUT2D eigenvalue weighted by Gasteiger charge is -2.15. The van der Waals surface area contributed by atoms with Crippen LogP contribution < -0.4 is 15.4 Å². The smallest absolute Gasteiger partial charge is 0.240 e. The largest absolute Gasteiger partial charge is 0.396 e. The molecule has 0 bridgehead atoms. The second-order valence-electron chi connectivity index (χ2n) is 6.65. The summed E-state index contributed by atoms with van der Waals surface area (Å²) in [5.74, 6) is 0.489. The van der Waals surface area contributed by atoms with E-state index in [1.54, 1.807) is 24.3 Å². The van der Waals surface area contributed by atoms with Crippen molar-refractivity contribution in [1.29, 1.82) is 0 Å². The molecule has 9 heteroatoms. The molecule has 0 aliphatic carbocycles. The van der Waals surface area contributed by atoms with Crippen LogP contribution in [0.3, 0.4) is 0 Å². The summed E-state index contributed by atoms with van der Waals surface area (Å²) in [5.41, 5.74) is 2.04. The molecule has 7 nitrogen and oxygen atoms in total. The zero-order valence-corrected chi connectivity index (χ0v) is 20.5. The summed E-state index contributed by atoms with van der Waals surface area (Å²) in [7, 11) is -3.54. The maximum Gasteiger partial charge on any atom is 0.240 e. The lowest BCUT2D eigenvalue weighted by molar-refractivity contribution is 0.268. The molecule has 0 aromatic heterocycles. The van der Waals surface area contributed by atoms with Gasteiger partial charge in [-0.1, -0.05) is 48.0 Å². The molecule has 4 N–H and O–H groups in total. The van der Waals surface area contributed by atoms with Crippen molar-refractivity contribution in [3.8, 4) is 0 Å². The van der Waals surface area contributed by atoms with Crippen molar-refractivity contribution in [2.24, 2.45) is 4.99 Å². The van der Waals surface area contributed by atoms with Gasteiger partial charge in [-0.2, -0.15) is 0 Å². The minimum Gasteiger partial charge on any atom is -0.396 e. The number of aliphatic hydroxyl groups excluding tert-OH is 1. The number of aryl methyl sites for hydroxylation is 1. The molecule has 1 unspecified atom stereocenters. The Bertz CT molecular complexity index is 875. The number of sulfonamides is 1. The van der Waals surface area contributed by atoms with Crippen molar-refractivity contribution in [1.82, 2.24) is 15.4 Å². The second-order valence-corrected chi connectivity index (χ2v) is 8.41. The molecule has 2 rings (SSSR count). The van der Waals surface area contributed by atoms with Crippen LogP contribution in [0.2, 0.25) is 0 Å². The Morgan fingerprint density at radius 1 is 1.03 bits per heavy atom. The van der Waals surface area contributed by atoms with E-state index >= 15 is 0 Å². The molecule has 30 heavy (non-hydrogen) atoms. The molecule has 0 amide bonds. The van der Waals surface area contributed by atoms with Crippen LogP contribution in [0, 0.1) is 6.92 Å². The first-order valence-corrected chi connectivity index (χ1v) is 11.2. The van der Waals surface area contributed by atoms with Gasteiger partial charge < -0.3 is 15.7 Å². The van der Waals surface area contributed by atoms with Gasteiger partial charge in [0.25, 0.3) is 0 Å². The fourth-order valence-electron chi connectivity index (χ4n) is 2.70. The molecule has 0 aliphatic heterocycles. The first-order chi connectivity index (χ1) is 14.0. The summed E-state index contributed by atoms with van der Waals surface area (Å²) in [6.07, 6.45) is 0. The zero-order chi connectivity index (χ0) is 21.1.